The maximum atomic E-state index is 3.75. The molecule has 2 unspecified atom stereocenters. The zero-order chi connectivity index (χ0) is 11.5. The van der Waals surface area contributed by atoms with Crippen molar-refractivity contribution in [2.75, 3.05) is 13.6 Å². The van der Waals surface area contributed by atoms with Crippen LogP contribution in [0.3, 0.4) is 0 Å². The fourth-order valence-corrected chi connectivity index (χ4v) is 3.60. The van der Waals surface area contributed by atoms with Crippen molar-refractivity contribution in [3.8, 4) is 0 Å². The van der Waals surface area contributed by atoms with Crippen molar-refractivity contribution >= 4 is 0 Å². The quantitative estimate of drug-likeness (QED) is 0.772. The van der Waals surface area contributed by atoms with E-state index in [1.54, 1.807) is 0 Å². The summed E-state index contributed by atoms with van der Waals surface area (Å²) in [5.74, 6) is 0.939. The Labute approximate surface area is 101 Å². The maximum Gasteiger partial charge on any atom is 0.00988 e. The van der Waals surface area contributed by atoms with E-state index in [1.165, 1.54) is 45.1 Å². The molecule has 0 aliphatic carbocycles. The molecule has 2 bridgehead atoms. The van der Waals surface area contributed by atoms with E-state index < -0.39 is 0 Å². The van der Waals surface area contributed by atoms with Crippen LogP contribution in [-0.4, -0.2) is 36.6 Å². The van der Waals surface area contributed by atoms with Gasteiger partial charge >= 0.3 is 0 Å². The molecule has 0 aromatic carbocycles. The monoisotopic (exact) mass is 224 g/mol. The van der Waals surface area contributed by atoms with Crippen molar-refractivity contribution in [3.05, 3.63) is 0 Å². The van der Waals surface area contributed by atoms with Crippen LogP contribution in [0, 0.1) is 5.92 Å². The molecular weight excluding hydrogens is 196 g/mol. The molecule has 2 nitrogen and oxygen atoms in total. The van der Waals surface area contributed by atoms with Crippen LogP contribution in [0.2, 0.25) is 0 Å². The molecule has 1 N–H and O–H groups in total. The molecule has 0 aromatic heterocycles. The number of nitrogens with zero attached hydrogens (tertiary/aromatic N) is 1. The number of rotatable bonds is 5. The summed E-state index contributed by atoms with van der Waals surface area (Å²) >= 11 is 0. The molecule has 2 rings (SSSR count). The van der Waals surface area contributed by atoms with Crippen molar-refractivity contribution in [3.63, 3.8) is 0 Å². The average Bonchev–Trinajstić information content (AvgIpc) is 2.55. The number of hydrogen-bond donors (Lipinski definition) is 1. The Morgan fingerprint density at radius 2 is 1.69 bits per heavy atom. The first-order valence-corrected chi connectivity index (χ1v) is 7.19. The van der Waals surface area contributed by atoms with Crippen molar-refractivity contribution < 1.29 is 0 Å². The summed E-state index contributed by atoms with van der Waals surface area (Å²) in [6.45, 7) is 5.84. The Bertz CT molecular complexity index is 199. The number of hydrogen-bond acceptors (Lipinski definition) is 2. The van der Waals surface area contributed by atoms with Gasteiger partial charge in [0.1, 0.15) is 0 Å². The van der Waals surface area contributed by atoms with Crippen LogP contribution in [0.15, 0.2) is 0 Å². The van der Waals surface area contributed by atoms with E-state index in [-0.39, 0.29) is 0 Å². The number of piperidine rings is 1. The summed E-state index contributed by atoms with van der Waals surface area (Å²) in [5.41, 5.74) is 0. The lowest BCUT2D eigenvalue weighted by atomic mass is 9.91. The van der Waals surface area contributed by atoms with E-state index in [9.17, 15) is 0 Å². The second-order valence-corrected chi connectivity index (χ2v) is 5.81. The fraction of sp³-hybridized carbons (Fsp3) is 1.00. The predicted molar refractivity (Wildman–Crippen MR) is 69.7 cm³/mol. The van der Waals surface area contributed by atoms with Crippen LogP contribution in [0.5, 0.6) is 0 Å². The first-order valence-electron chi connectivity index (χ1n) is 7.19. The minimum absolute atomic E-state index is 0.748. The van der Waals surface area contributed by atoms with Gasteiger partial charge in [-0.2, -0.15) is 0 Å². The minimum Gasteiger partial charge on any atom is -0.314 e. The van der Waals surface area contributed by atoms with Gasteiger partial charge in [-0.1, -0.05) is 13.8 Å². The third-order valence-corrected chi connectivity index (χ3v) is 4.88. The van der Waals surface area contributed by atoms with Crippen LogP contribution in [-0.2, 0) is 0 Å². The molecule has 2 atom stereocenters. The Morgan fingerprint density at radius 1 is 1.12 bits per heavy atom. The molecule has 2 fully saturated rings. The summed E-state index contributed by atoms with van der Waals surface area (Å²) in [6, 6.07) is 2.54. The van der Waals surface area contributed by atoms with Crippen LogP contribution < -0.4 is 5.32 Å². The highest BCUT2D eigenvalue weighted by molar-refractivity contribution is 4.93. The molecule has 16 heavy (non-hydrogen) atoms. The highest BCUT2D eigenvalue weighted by Crippen LogP contribution is 2.37. The SMILES string of the molecule is CCC(CC)NCC1CC2CCC(C1)N2C. The molecule has 2 heteroatoms. The highest BCUT2D eigenvalue weighted by atomic mass is 15.2. The van der Waals surface area contributed by atoms with E-state index in [0.29, 0.717) is 0 Å². The largest absolute Gasteiger partial charge is 0.314 e. The number of nitrogens with one attached hydrogen (secondary N) is 1. The van der Waals surface area contributed by atoms with Crippen LogP contribution >= 0.6 is 0 Å². The third-order valence-electron chi connectivity index (χ3n) is 4.88. The van der Waals surface area contributed by atoms with Gasteiger partial charge in [0.2, 0.25) is 0 Å². The Balaban J connectivity index is 1.76. The van der Waals surface area contributed by atoms with Gasteiger partial charge in [0.05, 0.1) is 0 Å². The third kappa shape index (κ3) is 2.60. The average molecular weight is 224 g/mol. The maximum absolute atomic E-state index is 3.75. The van der Waals surface area contributed by atoms with Gasteiger partial charge in [0.25, 0.3) is 0 Å². The van der Waals surface area contributed by atoms with Gasteiger partial charge in [-0.3, -0.25) is 0 Å². The van der Waals surface area contributed by atoms with Gasteiger partial charge in [-0.25, -0.2) is 0 Å². The van der Waals surface area contributed by atoms with Crippen molar-refractivity contribution in [1.82, 2.24) is 10.2 Å². The number of fused-ring (bicyclic) bond motifs is 2. The van der Waals surface area contributed by atoms with E-state index in [0.717, 1.165) is 24.0 Å². The van der Waals surface area contributed by atoms with E-state index in [2.05, 4.69) is 31.1 Å². The lowest BCUT2D eigenvalue weighted by molar-refractivity contribution is 0.131. The van der Waals surface area contributed by atoms with Crippen molar-refractivity contribution in [2.45, 2.75) is 70.5 Å². The standard InChI is InChI=1S/C14H28N2/c1-4-12(5-2)15-10-11-8-13-6-7-14(9-11)16(13)3/h11-15H,4-10H2,1-3H3. The van der Waals surface area contributed by atoms with Crippen LogP contribution in [0.1, 0.15) is 52.4 Å². The normalized spacial score (nSPS) is 34.9. The van der Waals surface area contributed by atoms with Gasteiger partial charge in [-0.05, 0) is 58.0 Å². The molecule has 2 aliphatic rings. The summed E-state index contributed by atoms with van der Waals surface area (Å²) in [7, 11) is 2.33. The molecule has 0 saturated carbocycles. The zero-order valence-corrected chi connectivity index (χ0v) is 11.2. The smallest absolute Gasteiger partial charge is 0.00988 e. The lowest BCUT2D eigenvalue weighted by Crippen LogP contribution is -2.43. The summed E-state index contributed by atoms with van der Waals surface area (Å²) < 4.78 is 0. The van der Waals surface area contributed by atoms with Gasteiger partial charge in [0, 0.05) is 18.1 Å². The molecule has 0 amide bonds. The molecule has 94 valence electrons. The van der Waals surface area contributed by atoms with E-state index in [1.807, 2.05) is 0 Å². The molecule has 0 spiro atoms. The highest BCUT2D eigenvalue weighted by Gasteiger charge is 2.38. The summed E-state index contributed by atoms with van der Waals surface area (Å²) in [4.78, 5) is 2.63. The Kier molecular flexibility index (Phi) is 4.26. The zero-order valence-electron chi connectivity index (χ0n) is 11.2. The molecule has 2 heterocycles. The molecular formula is C14H28N2. The second-order valence-electron chi connectivity index (χ2n) is 5.81. The van der Waals surface area contributed by atoms with Crippen molar-refractivity contribution in [1.29, 1.82) is 0 Å². The van der Waals surface area contributed by atoms with Gasteiger partial charge < -0.3 is 10.2 Å². The molecule has 0 radical (unpaired) electrons. The molecule has 2 aliphatic heterocycles. The van der Waals surface area contributed by atoms with Crippen LogP contribution in [0.25, 0.3) is 0 Å². The van der Waals surface area contributed by atoms with Crippen molar-refractivity contribution in [2.24, 2.45) is 5.92 Å². The topological polar surface area (TPSA) is 15.3 Å². The first kappa shape index (κ1) is 12.4. The van der Waals surface area contributed by atoms with Crippen LogP contribution in [0.4, 0.5) is 0 Å². The summed E-state index contributed by atoms with van der Waals surface area (Å²) in [6.07, 6.45) is 8.30. The van der Waals surface area contributed by atoms with E-state index in [4.69, 9.17) is 0 Å². The minimum atomic E-state index is 0.748. The fourth-order valence-electron chi connectivity index (χ4n) is 3.60. The Hall–Kier alpha value is -0.0800. The van der Waals surface area contributed by atoms with E-state index >= 15 is 0 Å². The lowest BCUT2D eigenvalue weighted by Gasteiger charge is -2.37. The first-order chi connectivity index (χ1) is 7.74. The van der Waals surface area contributed by atoms with Gasteiger partial charge in [0.15, 0.2) is 0 Å². The summed E-state index contributed by atoms with van der Waals surface area (Å²) in [5, 5.41) is 3.75. The Morgan fingerprint density at radius 3 is 2.19 bits per heavy atom. The van der Waals surface area contributed by atoms with Gasteiger partial charge in [-0.15, -0.1) is 0 Å². The molecule has 2 saturated heterocycles. The predicted octanol–water partition coefficient (Wildman–Crippen LogP) is 2.64. The molecule has 0 aromatic rings. The second kappa shape index (κ2) is 5.50.